The van der Waals surface area contributed by atoms with Crippen molar-refractivity contribution in [2.75, 3.05) is 19.0 Å². The molecule has 2 aromatic rings. The van der Waals surface area contributed by atoms with Gasteiger partial charge in [-0.25, -0.2) is 0 Å². The molecule has 0 aliphatic carbocycles. The van der Waals surface area contributed by atoms with Gasteiger partial charge in [-0.1, -0.05) is 6.07 Å². The Balaban J connectivity index is 2.09. The first-order chi connectivity index (χ1) is 8.66. The summed E-state index contributed by atoms with van der Waals surface area (Å²) in [5, 5.41) is 2.00. The lowest BCUT2D eigenvalue weighted by Gasteiger charge is -2.11. The van der Waals surface area contributed by atoms with Gasteiger partial charge in [-0.2, -0.15) is 0 Å². The monoisotopic (exact) mass is 257 g/mol. The summed E-state index contributed by atoms with van der Waals surface area (Å²) in [7, 11) is 3.96. The van der Waals surface area contributed by atoms with E-state index in [1.807, 2.05) is 66.8 Å². The summed E-state index contributed by atoms with van der Waals surface area (Å²) in [6.45, 7) is 0. The number of thiophene rings is 1. The van der Waals surface area contributed by atoms with Crippen molar-refractivity contribution >= 4 is 28.9 Å². The maximum Gasteiger partial charge on any atom is 0.185 e. The van der Waals surface area contributed by atoms with Crippen LogP contribution in [-0.2, 0) is 0 Å². The Bertz CT molecular complexity index is 538. The van der Waals surface area contributed by atoms with E-state index in [1.165, 1.54) is 0 Å². The second-order valence-corrected chi connectivity index (χ2v) is 5.13. The van der Waals surface area contributed by atoms with Crippen LogP contribution in [0.5, 0.6) is 0 Å². The van der Waals surface area contributed by atoms with Crippen molar-refractivity contribution in [3.63, 3.8) is 0 Å². The van der Waals surface area contributed by atoms with E-state index in [4.69, 9.17) is 0 Å². The Morgan fingerprint density at radius 1 is 1.17 bits per heavy atom. The lowest BCUT2D eigenvalue weighted by Crippen LogP contribution is -2.08. The summed E-state index contributed by atoms with van der Waals surface area (Å²) >= 11 is 1.62. The quantitative estimate of drug-likeness (QED) is 0.614. The second kappa shape index (κ2) is 5.65. The molecule has 2 rings (SSSR count). The minimum absolute atomic E-state index is 0.0358. The summed E-state index contributed by atoms with van der Waals surface area (Å²) in [6, 6.07) is 11.6. The van der Waals surface area contributed by atoms with Gasteiger partial charge in [-0.15, -0.1) is 11.3 Å². The molecule has 0 saturated carbocycles. The predicted octanol–water partition coefficient (Wildman–Crippen LogP) is 3.71. The van der Waals surface area contributed by atoms with E-state index in [0.29, 0.717) is 5.56 Å². The molecule has 0 aliphatic rings. The first-order valence-corrected chi connectivity index (χ1v) is 6.58. The van der Waals surface area contributed by atoms with Crippen molar-refractivity contribution < 1.29 is 4.79 Å². The largest absolute Gasteiger partial charge is 0.378 e. The lowest BCUT2D eigenvalue weighted by molar-refractivity contribution is 0.104. The fourth-order valence-electron chi connectivity index (χ4n) is 1.56. The Morgan fingerprint density at radius 2 is 1.89 bits per heavy atom. The average Bonchev–Trinajstić information content (AvgIpc) is 2.89. The van der Waals surface area contributed by atoms with E-state index < -0.39 is 0 Å². The molecule has 0 radical (unpaired) electrons. The predicted molar refractivity (Wildman–Crippen MR) is 78.5 cm³/mol. The van der Waals surface area contributed by atoms with Gasteiger partial charge in [0.05, 0.1) is 0 Å². The molecule has 0 atom stereocenters. The summed E-state index contributed by atoms with van der Waals surface area (Å²) in [6.07, 6.45) is 3.48. The topological polar surface area (TPSA) is 20.3 Å². The van der Waals surface area contributed by atoms with Crippen LogP contribution in [-0.4, -0.2) is 19.9 Å². The number of carbonyl (C=O) groups is 1. The number of hydrogen-bond donors (Lipinski definition) is 0. The van der Waals surface area contributed by atoms with Crippen LogP contribution in [0, 0.1) is 0 Å². The van der Waals surface area contributed by atoms with Crippen LogP contribution in [0.15, 0.2) is 47.9 Å². The Morgan fingerprint density at radius 3 is 2.44 bits per heavy atom. The number of carbonyl (C=O) groups excluding carboxylic acids is 1. The molecular weight excluding hydrogens is 242 g/mol. The maximum absolute atomic E-state index is 11.9. The zero-order valence-corrected chi connectivity index (χ0v) is 11.3. The van der Waals surface area contributed by atoms with Gasteiger partial charge < -0.3 is 4.90 Å². The fourth-order valence-corrected chi connectivity index (χ4v) is 2.18. The Hall–Kier alpha value is -1.87. The van der Waals surface area contributed by atoms with Gasteiger partial charge in [0.25, 0.3) is 0 Å². The van der Waals surface area contributed by atoms with Gasteiger partial charge in [0, 0.05) is 30.2 Å². The molecule has 0 saturated heterocycles. The Labute approximate surface area is 111 Å². The van der Waals surface area contributed by atoms with Crippen LogP contribution in [0.2, 0.25) is 0 Å². The van der Waals surface area contributed by atoms with Crippen molar-refractivity contribution in [1.82, 2.24) is 0 Å². The number of anilines is 1. The van der Waals surface area contributed by atoms with Gasteiger partial charge in [-0.3, -0.25) is 4.79 Å². The molecule has 0 bridgehead atoms. The zero-order valence-electron chi connectivity index (χ0n) is 10.5. The van der Waals surface area contributed by atoms with E-state index in [0.717, 1.165) is 10.6 Å². The SMILES string of the molecule is CN(C)c1ccc(C(=O)/C=C/c2cccs2)cc1. The minimum Gasteiger partial charge on any atom is -0.378 e. The second-order valence-electron chi connectivity index (χ2n) is 4.15. The summed E-state index contributed by atoms with van der Waals surface area (Å²) in [5.74, 6) is 0.0358. The first-order valence-electron chi connectivity index (χ1n) is 5.70. The molecule has 0 aliphatic heterocycles. The van der Waals surface area contributed by atoms with Crippen LogP contribution < -0.4 is 4.90 Å². The van der Waals surface area contributed by atoms with E-state index in [-0.39, 0.29) is 5.78 Å². The summed E-state index contributed by atoms with van der Waals surface area (Å²) in [5.41, 5.74) is 1.81. The van der Waals surface area contributed by atoms with Gasteiger partial charge in [0.1, 0.15) is 0 Å². The minimum atomic E-state index is 0.0358. The third kappa shape index (κ3) is 3.08. The van der Waals surface area contributed by atoms with Crippen LogP contribution in [0.3, 0.4) is 0 Å². The number of nitrogens with zero attached hydrogens (tertiary/aromatic N) is 1. The molecule has 1 aromatic carbocycles. The molecule has 18 heavy (non-hydrogen) atoms. The lowest BCUT2D eigenvalue weighted by atomic mass is 10.1. The first kappa shape index (κ1) is 12.6. The van der Waals surface area contributed by atoms with Crippen LogP contribution >= 0.6 is 11.3 Å². The molecule has 0 amide bonds. The number of rotatable bonds is 4. The highest BCUT2D eigenvalue weighted by molar-refractivity contribution is 7.10. The summed E-state index contributed by atoms with van der Waals surface area (Å²) in [4.78, 5) is 15.0. The van der Waals surface area contributed by atoms with Gasteiger partial charge in [-0.05, 0) is 47.9 Å². The normalized spacial score (nSPS) is 10.8. The zero-order chi connectivity index (χ0) is 13.0. The van der Waals surface area contributed by atoms with Crippen molar-refractivity contribution in [2.24, 2.45) is 0 Å². The van der Waals surface area contributed by atoms with Crippen molar-refractivity contribution in [2.45, 2.75) is 0 Å². The van der Waals surface area contributed by atoms with E-state index in [1.54, 1.807) is 17.4 Å². The van der Waals surface area contributed by atoms with Crippen LogP contribution in [0.25, 0.3) is 6.08 Å². The van der Waals surface area contributed by atoms with E-state index in [2.05, 4.69) is 0 Å². The Kier molecular flexibility index (Phi) is 3.95. The number of allylic oxidation sites excluding steroid dienone is 1. The molecule has 3 heteroatoms. The molecule has 1 aromatic heterocycles. The average molecular weight is 257 g/mol. The van der Waals surface area contributed by atoms with Crippen LogP contribution in [0.1, 0.15) is 15.2 Å². The number of benzene rings is 1. The standard InChI is InChI=1S/C15H15NOS/c1-16(2)13-7-5-12(6-8-13)15(17)10-9-14-4-3-11-18-14/h3-11H,1-2H3/b10-9+. The third-order valence-electron chi connectivity index (χ3n) is 2.61. The molecule has 92 valence electrons. The molecule has 0 fully saturated rings. The van der Waals surface area contributed by atoms with Crippen molar-refractivity contribution in [3.8, 4) is 0 Å². The fraction of sp³-hybridized carbons (Fsp3) is 0.133. The molecule has 1 heterocycles. The number of ketones is 1. The molecule has 0 unspecified atom stereocenters. The van der Waals surface area contributed by atoms with Gasteiger partial charge >= 0.3 is 0 Å². The van der Waals surface area contributed by atoms with Gasteiger partial charge in [0.15, 0.2) is 5.78 Å². The molecule has 0 N–H and O–H groups in total. The molecular formula is C15H15NOS. The third-order valence-corrected chi connectivity index (χ3v) is 3.45. The van der Waals surface area contributed by atoms with Crippen LogP contribution in [0.4, 0.5) is 5.69 Å². The van der Waals surface area contributed by atoms with E-state index >= 15 is 0 Å². The summed E-state index contributed by atoms with van der Waals surface area (Å²) < 4.78 is 0. The number of hydrogen-bond acceptors (Lipinski definition) is 3. The van der Waals surface area contributed by atoms with Crippen molar-refractivity contribution in [1.29, 1.82) is 0 Å². The highest BCUT2D eigenvalue weighted by atomic mass is 32.1. The highest BCUT2D eigenvalue weighted by Gasteiger charge is 2.02. The maximum atomic E-state index is 11.9. The molecule has 0 spiro atoms. The van der Waals surface area contributed by atoms with E-state index in [9.17, 15) is 4.79 Å². The smallest absolute Gasteiger partial charge is 0.185 e. The highest BCUT2D eigenvalue weighted by Crippen LogP contribution is 2.14. The molecule has 2 nitrogen and oxygen atoms in total. The van der Waals surface area contributed by atoms with Crippen molar-refractivity contribution in [3.05, 3.63) is 58.3 Å². The van der Waals surface area contributed by atoms with Gasteiger partial charge in [0.2, 0.25) is 0 Å².